The minimum absolute atomic E-state index is 0.113. The summed E-state index contributed by atoms with van der Waals surface area (Å²) >= 11 is 0. The number of carbonyl (C=O) groups excluding carboxylic acids is 3. The first kappa shape index (κ1) is 26.3. The minimum atomic E-state index is -0.876. The van der Waals surface area contributed by atoms with Crippen LogP contribution in [0, 0.1) is 12.7 Å². The summed E-state index contributed by atoms with van der Waals surface area (Å²) in [7, 11) is 1.41. The molecule has 0 radical (unpaired) electrons. The number of methoxy groups -OCH3 is 1. The second-order valence-corrected chi connectivity index (χ2v) is 10.5. The third kappa shape index (κ3) is 4.51. The molecule has 204 valence electrons. The number of piperidine rings is 1. The largest absolute Gasteiger partial charge is 0.494 e. The molecule has 0 bridgehead atoms. The predicted octanol–water partition coefficient (Wildman–Crippen LogP) is 3.63. The van der Waals surface area contributed by atoms with Crippen LogP contribution in [0.15, 0.2) is 41.2 Å². The van der Waals surface area contributed by atoms with Gasteiger partial charge in [-0.3, -0.25) is 24.3 Å². The number of urea groups is 1. The van der Waals surface area contributed by atoms with Gasteiger partial charge < -0.3 is 15.0 Å². The monoisotopic (exact) mass is 535 g/mol. The molecule has 0 aliphatic carbocycles. The molecular formula is C28H30FN5O5. The lowest BCUT2D eigenvalue weighted by molar-refractivity contribution is -0.135. The fraction of sp³-hybridized carbons (Fsp3) is 0.393. The Kier molecular flexibility index (Phi) is 6.61. The third-order valence-electron chi connectivity index (χ3n) is 7.88. The lowest BCUT2D eigenvalue weighted by Gasteiger charge is -2.36. The summed E-state index contributed by atoms with van der Waals surface area (Å²) < 4.78 is 20.7. The number of carbonyl (C=O) groups is 3. The van der Waals surface area contributed by atoms with Crippen molar-refractivity contribution in [2.45, 2.75) is 57.5 Å². The van der Waals surface area contributed by atoms with Crippen LogP contribution in [0.1, 0.15) is 56.5 Å². The first-order valence-corrected chi connectivity index (χ1v) is 12.8. The maximum atomic E-state index is 14.4. The first-order chi connectivity index (χ1) is 18.5. The quantitative estimate of drug-likeness (QED) is 0.492. The second-order valence-electron chi connectivity index (χ2n) is 10.5. The Balaban J connectivity index is 1.46. The highest BCUT2D eigenvalue weighted by Crippen LogP contribution is 2.43. The summed E-state index contributed by atoms with van der Waals surface area (Å²) in [6, 6.07) is 8.54. The molecule has 2 unspecified atom stereocenters. The number of aryl methyl sites for hydroxylation is 1. The van der Waals surface area contributed by atoms with Crippen molar-refractivity contribution in [1.82, 2.24) is 19.8 Å². The molecular weight excluding hydrogens is 505 g/mol. The third-order valence-corrected chi connectivity index (χ3v) is 7.88. The highest BCUT2D eigenvalue weighted by molar-refractivity contribution is 6.01. The normalized spacial score (nSPS) is 20.7. The molecule has 2 atom stereocenters. The molecule has 3 heterocycles. The van der Waals surface area contributed by atoms with Crippen molar-refractivity contribution in [3.05, 3.63) is 64.0 Å². The van der Waals surface area contributed by atoms with Crippen LogP contribution in [-0.4, -0.2) is 51.5 Å². The van der Waals surface area contributed by atoms with Gasteiger partial charge in [-0.15, -0.1) is 0 Å². The summed E-state index contributed by atoms with van der Waals surface area (Å²) in [6.07, 6.45) is 0.926. The number of halogens is 1. The number of hydrogen-bond acceptors (Lipinski definition) is 6. The number of imide groups is 1. The van der Waals surface area contributed by atoms with E-state index in [4.69, 9.17) is 4.74 Å². The Morgan fingerprint density at radius 2 is 1.95 bits per heavy atom. The van der Waals surface area contributed by atoms with E-state index in [-0.39, 0.29) is 41.5 Å². The number of anilines is 1. The Morgan fingerprint density at radius 3 is 2.64 bits per heavy atom. The summed E-state index contributed by atoms with van der Waals surface area (Å²) in [5, 5.41) is 5.33. The van der Waals surface area contributed by atoms with Crippen LogP contribution in [0.5, 0.6) is 5.75 Å². The van der Waals surface area contributed by atoms with Crippen LogP contribution >= 0.6 is 0 Å². The van der Waals surface area contributed by atoms with Crippen LogP contribution in [0.2, 0.25) is 0 Å². The molecule has 2 aliphatic heterocycles. The number of fused-ring (bicyclic) bond motifs is 1. The van der Waals surface area contributed by atoms with Crippen LogP contribution in [0.4, 0.5) is 14.9 Å². The van der Waals surface area contributed by atoms with Crippen molar-refractivity contribution in [2.75, 3.05) is 19.0 Å². The molecule has 5 rings (SSSR count). The molecule has 11 heteroatoms. The highest BCUT2D eigenvalue weighted by Gasteiger charge is 2.45. The Labute approximate surface area is 224 Å². The van der Waals surface area contributed by atoms with Crippen molar-refractivity contribution in [3.63, 3.8) is 0 Å². The SMILES string of the molecule is COc1ccc(C2CCN(C(=O)Nc3cccc4nc(C)n(C5CCC(=O)NC5=O)c(=O)c34)C2(C)C)cc1F. The van der Waals surface area contributed by atoms with Crippen molar-refractivity contribution < 1.29 is 23.5 Å². The molecule has 1 aromatic heterocycles. The summed E-state index contributed by atoms with van der Waals surface area (Å²) in [6.45, 7) is 5.91. The zero-order valence-electron chi connectivity index (χ0n) is 22.2. The van der Waals surface area contributed by atoms with Gasteiger partial charge in [-0.05, 0) is 63.4 Å². The fourth-order valence-corrected chi connectivity index (χ4v) is 5.86. The van der Waals surface area contributed by atoms with Gasteiger partial charge in [-0.25, -0.2) is 14.2 Å². The number of rotatable bonds is 4. The molecule has 0 saturated carbocycles. The maximum absolute atomic E-state index is 14.4. The topological polar surface area (TPSA) is 123 Å². The fourth-order valence-electron chi connectivity index (χ4n) is 5.86. The van der Waals surface area contributed by atoms with Gasteiger partial charge in [0.1, 0.15) is 11.9 Å². The van der Waals surface area contributed by atoms with Gasteiger partial charge >= 0.3 is 6.03 Å². The number of nitrogens with one attached hydrogen (secondary N) is 2. The van der Waals surface area contributed by atoms with E-state index in [1.54, 1.807) is 36.1 Å². The lowest BCUT2D eigenvalue weighted by atomic mass is 9.82. The smallest absolute Gasteiger partial charge is 0.322 e. The van der Waals surface area contributed by atoms with Gasteiger partial charge in [0, 0.05) is 24.4 Å². The molecule has 3 aromatic rings. The standard InChI is InChI=1S/C28H30FN5O5/c1-15-30-19-6-5-7-20(24(19)26(37)34(15)21-9-11-23(35)32-25(21)36)31-27(38)33-13-12-17(28(33,2)3)16-8-10-22(39-4)18(29)14-16/h5-8,10,14,17,21H,9,11-13H2,1-4H3,(H,31,38)(H,32,35,36). The zero-order chi connectivity index (χ0) is 28.1. The van der Waals surface area contributed by atoms with E-state index in [0.717, 1.165) is 5.56 Å². The van der Waals surface area contributed by atoms with E-state index in [1.165, 1.54) is 17.7 Å². The van der Waals surface area contributed by atoms with E-state index in [0.29, 0.717) is 24.3 Å². The maximum Gasteiger partial charge on any atom is 0.322 e. The van der Waals surface area contributed by atoms with E-state index < -0.39 is 34.9 Å². The molecule has 2 N–H and O–H groups in total. The molecule has 4 amide bonds. The number of ether oxygens (including phenoxy) is 1. The number of benzene rings is 2. The molecule has 2 aromatic carbocycles. The van der Waals surface area contributed by atoms with Crippen LogP contribution in [0.3, 0.4) is 0 Å². The van der Waals surface area contributed by atoms with E-state index in [2.05, 4.69) is 15.6 Å². The first-order valence-electron chi connectivity index (χ1n) is 12.8. The number of likely N-dealkylation sites (tertiary alicyclic amines) is 1. The molecule has 10 nitrogen and oxygen atoms in total. The van der Waals surface area contributed by atoms with Crippen molar-refractivity contribution in [2.24, 2.45) is 0 Å². The minimum Gasteiger partial charge on any atom is -0.494 e. The number of aromatic nitrogens is 2. The van der Waals surface area contributed by atoms with E-state index in [9.17, 15) is 23.6 Å². The molecule has 2 saturated heterocycles. The lowest BCUT2D eigenvalue weighted by Crippen LogP contribution is -2.47. The molecule has 2 aliphatic rings. The predicted molar refractivity (Wildman–Crippen MR) is 142 cm³/mol. The molecule has 39 heavy (non-hydrogen) atoms. The number of nitrogens with zero attached hydrogens (tertiary/aromatic N) is 3. The average molecular weight is 536 g/mol. The second kappa shape index (κ2) is 9.79. The van der Waals surface area contributed by atoms with E-state index >= 15 is 0 Å². The Hall–Kier alpha value is -4.28. The summed E-state index contributed by atoms with van der Waals surface area (Å²) in [5.74, 6) is -1.02. The van der Waals surface area contributed by atoms with Crippen molar-refractivity contribution in [3.8, 4) is 5.75 Å². The molecule has 2 fully saturated rings. The van der Waals surface area contributed by atoms with Crippen LogP contribution in [0.25, 0.3) is 10.9 Å². The van der Waals surface area contributed by atoms with Crippen molar-refractivity contribution in [1.29, 1.82) is 0 Å². The highest BCUT2D eigenvalue weighted by atomic mass is 19.1. The Bertz CT molecular complexity index is 1570. The van der Waals surface area contributed by atoms with Gasteiger partial charge in [-0.2, -0.15) is 0 Å². The van der Waals surface area contributed by atoms with Gasteiger partial charge in [0.2, 0.25) is 11.8 Å². The number of hydrogen-bond donors (Lipinski definition) is 2. The van der Waals surface area contributed by atoms with Crippen LogP contribution in [-0.2, 0) is 9.59 Å². The van der Waals surface area contributed by atoms with E-state index in [1.807, 2.05) is 19.9 Å². The van der Waals surface area contributed by atoms with Gasteiger partial charge in [0.15, 0.2) is 11.6 Å². The van der Waals surface area contributed by atoms with Crippen LogP contribution < -0.4 is 20.9 Å². The zero-order valence-corrected chi connectivity index (χ0v) is 22.2. The van der Waals surface area contributed by atoms with Gasteiger partial charge in [0.25, 0.3) is 5.56 Å². The molecule has 0 spiro atoms. The summed E-state index contributed by atoms with van der Waals surface area (Å²) in [5.41, 5.74) is 0.287. The summed E-state index contributed by atoms with van der Waals surface area (Å²) in [4.78, 5) is 57.6. The van der Waals surface area contributed by atoms with Gasteiger partial charge in [-0.1, -0.05) is 12.1 Å². The van der Waals surface area contributed by atoms with Crippen molar-refractivity contribution >= 4 is 34.4 Å². The number of amides is 4. The van der Waals surface area contributed by atoms with Gasteiger partial charge in [0.05, 0.1) is 23.7 Å². The Morgan fingerprint density at radius 1 is 1.18 bits per heavy atom. The average Bonchev–Trinajstić information content (AvgIpc) is 3.19.